The van der Waals surface area contributed by atoms with Gasteiger partial charge in [0, 0.05) is 34.8 Å². The monoisotopic (exact) mass is 456 g/mol. The summed E-state index contributed by atoms with van der Waals surface area (Å²) in [5.74, 6) is 1.56. The number of hydrogen-bond acceptors (Lipinski definition) is 7. The van der Waals surface area contributed by atoms with Crippen molar-refractivity contribution in [2.24, 2.45) is 0 Å². The van der Waals surface area contributed by atoms with E-state index in [-0.39, 0.29) is 0 Å². The van der Waals surface area contributed by atoms with Crippen LogP contribution in [-0.4, -0.2) is 24.7 Å². The van der Waals surface area contributed by atoms with Crippen molar-refractivity contribution in [2.75, 3.05) is 5.32 Å². The lowest BCUT2D eigenvalue weighted by atomic mass is 10.2. The maximum absolute atomic E-state index is 4.72. The van der Waals surface area contributed by atoms with Crippen LogP contribution in [0.5, 0.6) is 0 Å². The van der Waals surface area contributed by atoms with Gasteiger partial charge in [0.15, 0.2) is 16.1 Å². The Balaban J connectivity index is 1.35. The van der Waals surface area contributed by atoms with Crippen molar-refractivity contribution in [3.63, 3.8) is 0 Å². The molecule has 0 saturated carbocycles. The van der Waals surface area contributed by atoms with Crippen LogP contribution in [-0.2, 0) is 12.3 Å². The minimum absolute atomic E-state index is 0.700. The third-order valence-electron chi connectivity index (χ3n) is 4.76. The van der Waals surface area contributed by atoms with Crippen LogP contribution in [0.1, 0.15) is 11.3 Å². The van der Waals surface area contributed by atoms with E-state index in [2.05, 4.69) is 54.7 Å². The summed E-state index contributed by atoms with van der Waals surface area (Å²) in [5.41, 5.74) is 4.24. The predicted octanol–water partition coefficient (Wildman–Crippen LogP) is 5.88. The molecule has 5 rings (SSSR count). The van der Waals surface area contributed by atoms with Crippen LogP contribution in [0, 0.1) is 0 Å². The maximum atomic E-state index is 4.72. The zero-order chi connectivity index (χ0) is 21.6. The Bertz CT molecular complexity index is 1270. The first kappa shape index (κ1) is 20.4. The molecular formula is C24H20N6S2. The standard InChI is InChI=1S/C24H20N6S2/c1-3-7-18(8-4-1)15-30-22(19-11-13-25-14-12-19)28-29-24(30)32-17-21-16-31-23(27-21)26-20-9-5-2-6-10-20/h1-14,16H,15,17H2,(H,26,27). The van der Waals surface area contributed by atoms with Crippen LogP contribution >= 0.6 is 23.1 Å². The number of thiazole rings is 1. The first-order valence-corrected chi connectivity index (χ1v) is 12.0. The molecule has 0 amide bonds. The molecule has 5 aromatic rings. The van der Waals surface area contributed by atoms with Crippen molar-refractivity contribution in [1.29, 1.82) is 0 Å². The number of rotatable bonds is 8. The smallest absolute Gasteiger partial charge is 0.192 e. The molecule has 0 bridgehead atoms. The quantitative estimate of drug-likeness (QED) is 0.294. The number of pyridine rings is 1. The Labute approximate surface area is 194 Å². The summed E-state index contributed by atoms with van der Waals surface area (Å²) in [5, 5.41) is 16.2. The first-order valence-electron chi connectivity index (χ1n) is 10.1. The van der Waals surface area contributed by atoms with Crippen LogP contribution in [0.15, 0.2) is 95.7 Å². The van der Waals surface area contributed by atoms with E-state index in [9.17, 15) is 0 Å². The van der Waals surface area contributed by atoms with Crippen molar-refractivity contribution in [3.8, 4) is 11.4 Å². The van der Waals surface area contributed by atoms with Crippen LogP contribution < -0.4 is 5.32 Å². The molecule has 0 aliphatic rings. The van der Waals surface area contributed by atoms with Crippen molar-refractivity contribution in [2.45, 2.75) is 17.5 Å². The molecule has 3 heterocycles. The summed E-state index contributed by atoms with van der Waals surface area (Å²) in [4.78, 5) is 8.84. The number of hydrogen-bond donors (Lipinski definition) is 1. The van der Waals surface area contributed by atoms with Crippen molar-refractivity contribution < 1.29 is 0 Å². The van der Waals surface area contributed by atoms with E-state index in [0.29, 0.717) is 6.54 Å². The second kappa shape index (κ2) is 9.76. The summed E-state index contributed by atoms with van der Waals surface area (Å²) in [7, 11) is 0. The highest BCUT2D eigenvalue weighted by atomic mass is 32.2. The molecule has 0 saturated heterocycles. The minimum Gasteiger partial charge on any atom is -0.332 e. The summed E-state index contributed by atoms with van der Waals surface area (Å²) < 4.78 is 2.16. The van der Waals surface area contributed by atoms with E-state index in [0.717, 1.165) is 38.8 Å². The van der Waals surface area contributed by atoms with Gasteiger partial charge in [0.05, 0.1) is 12.2 Å². The Morgan fingerprint density at radius 3 is 2.41 bits per heavy atom. The highest BCUT2D eigenvalue weighted by Crippen LogP contribution is 2.29. The van der Waals surface area contributed by atoms with Crippen LogP contribution in [0.25, 0.3) is 11.4 Å². The normalized spacial score (nSPS) is 10.9. The van der Waals surface area contributed by atoms with Crippen molar-refractivity contribution in [1.82, 2.24) is 24.7 Å². The van der Waals surface area contributed by atoms with Crippen molar-refractivity contribution >= 4 is 33.9 Å². The van der Waals surface area contributed by atoms with E-state index in [1.165, 1.54) is 5.56 Å². The molecule has 2 aromatic carbocycles. The molecular weight excluding hydrogens is 436 g/mol. The topological polar surface area (TPSA) is 68.5 Å². The molecule has 0 fully saturated rings. The van der Waals surface area contributed by atoms with Gasteiger partial charge in [-0.2, -0.15) is 0 Å². The number of aromatic nitrogens is 5. The van der Waals surface area contributed by atoms with E-state index < -0.39 is 0 Å². The van der Waals surface area contributed by atoms with Gasteiger partial charge < -0.3 is 5.32 Å². The predicted molar refractivity (Wildman–Crippen MR) is 130 cm³/mol. The van der Waals surface area contributed by atoms with Crippen LogP contribution in [0.4, 0.5) is 10.8 Å². The van der Waals surface area contributed by atoms with Gasteiger partial charge in [-0.25, -0.2) is 4.98 Å². The van der Waals surface area contributed by atoms with E-state index in [4.69, 9.17) is 4.98 Å². The van der Waals surface area contributed by atoms with Crippen LogP contribution in [0.2, 0.25) is 0 Å². The van der Waals surface area contributed by atoms with E-state index >= 15 is 0 Å². The molecule has 0 radical (unpaired) electrons. The average Bonchev–Trinajstić information content (AvgIpc) is 3.46. The van der Waals surface area contributed by atoms with Gasteiger partial charge in [-0.1, -0.05) is 60.3 Å². The SMILES string of the molecule is c1ccc(Cn2c(SCc3csc(Nc4ccccc4)n3)nnc2-c2ccncc2)cc1. The molecule has 158 valence electrons. The fourth-order valence-corrected chi connectivity index (χ4v) is 4.90. The Kier molecular flexibility index (Phi) is 6.23. The summed E-state index contributed by atoms with van der Waals surface area (Å²) in [6.07, 6.45) is 3.56. The number of nitrogens with zero attached hydrogens (tertiary/aromatic N) is 5. The van der Waals surface area contributed by atoms with Crippen LogP contribution in [0.3, 0.4) is 0 Å². The average molecular weight is 457 g/mol. The number of benzene rings is 2. The Hall–Kier alpha value is -3.49. The van der Waals surface area contributed by atoms with Gasteiger partial charge in [0.2, 0.25) is 0 Å². The molecule has 3 aromatic heterocycles. The summed E-state index contributed by atoms with van der Waals surface area (Å²) in [6, 6.07) is 24.4. The van der Waals surface area contributed by atoms with E-state index in [1.54, 1.807) is 35.5 Å². The third kappa shape index (κ3) is 4.87. The number of thioether (sulfide) groups is 1. The molecule has 0 unspecified atom stereocenters. The second-order valence-electron chi connectivity index (χ2n) is 7.04. The number of anilines is 2. The van der Waals surface area contributed by atoms with Crippen molar-refractivity contribution in [3.05, 3.63) is 102 Å². The molecule has 1 N–H and O–H groups in total. The maximum Gasteiger partial charge on any atom is 0.192 e. The number of para-hydroxylation sites is 1. The van der Waals surface area contributed by atoms with Gasteiger partial charge in [-0.15, -0.1) is 21.5 Å². The van der Waals surface area contributed by atoms with Gasteiger partial charge in [0.25, 0.3) is 0 Å². The zero-order valence-corrected chi connectivity index (χ0v) is 18.8. The van der Waals surface area contributed by atoms with Gasteiger partial charge >= 0.3 is 0 Å². The first-order chi connectivity index (χ1) is 15.8. The Morgan fingerprint density at radius 1 is 0.875 bits per heavy atom. The molecule has 6 nitrogen and oxygen atoms in total. The molecule has 0 aliphatic carbocycles. The highest BCUT2D eigenvalue weighted by molar-refractivity contribution is 7.98. The molecule has 0 aliphatic heterocycles. The zero-order valence-electron chi connectivity index (χ0n) is 17.1. The lowest BCUT2D eigenvalue weighted by Gasteiger charge is -2.10. The fraction of sp³-hybridized carbons (Fsp3) is 0.0833. The Morgan fingerprint density at radius 2 is 1.62 bits per heavy atom. The highest BCUT2D eigenvalue weighted by Gasteiger charge is 2.15. The van der Waals surface area contributed by atoms with Gasteiger partial charge in [0.1, 0.15) is 0 Å². The second-order valence-corrected chi connectivity index (χ2v) is 8.84. The number of nitrogens with one attached hydrogen (secondary N) is 1. The summed E-state index contributed by atoms with van der Waals surface area (Å²) in [6.45, 7) is 0.700. The van der Waals surface area contributed by atoms with Gasteiger partial charge in [-0.3, -0.25) is 9.55 Å². The molecule has 8 heteroatoms. The molecule has 0 atom stereocenters. The lowest BCUT2D eigenvalue weighted by Crippen LogP contribution is -2.04. The van der Waals surface area contributed by atoms with Gasteiger partial charge in [-0.05, 0) is 29.8 Å². The van der Waals surface area contributed by atoms with E-state index in [1.807, 2.05) is 48.5 Å². The lowest BCUT2D eigenvalue weighted by molar-refractivity contribution is 0.714. The largest absolute Gasteiger partial charge is 0.332 e. The minimum atomic E-state index is 0.700. The molecule has 32 heavy (non-hydrogen) atoms. The molecule has 0 spiro atoms. The fourth-order valence-electron chi connectivity index (χ4n) is 3.23. The summed E-state index contributed by atoms with van der Waals surface area (Å²) >= 11 is 3.25. The third-order valence-corrected chi connectivity index (χ3v) is 6.57.